The Morgan fingerprint density at radius 2 is 1.63 bits per heavy atom. The molecule has 8 atom stereocenters. The Labute approximate surface area is 170 Å². The van der Waals surface area contributed by atoms with E-state index in [0.717, 1.165) is 35.5 Å². The third kappa shape index (κ3) is 3.15. The van der Waals surface area contributed by atoms with Crippen LogP contribution >= 0.6 is 0 Å². The SMILES string of the molecule is CC(C)CCCC1(C)C(C)CCC2(C)C3CCC4(C)CCCC4C3CCC12. The van der Waals surface area contributed by atoms with Crippen LogP contribution in [-0.2, 0) is 0 Å². The molecule has 4 saturated carbocycles. The minimum Gasteiger partial charge on any atom is -0.0628 e. The predicted octanol–water partition coefficient (Wildman–Crippen LogP) is 8.50. The maximum atomic E-state index is 2.78. The van der Waals surface area contributed by atoms with Crippen molar-refractivity contribution < 1.29 is 0 Å². The van der Waals surface area contributed by atoms with E-state index in [1.807, 2.05) is 0 Å². The van der Waals surface area contributed by atoms with Gasteiger partial charge in [-0.05, 0) is 110 Å². The standard InChI is InChI=1S/C27H48/c1-19(2)9-7-16-26(5)20(3)13-18-27(6)23-14-17-25(4)15-8-10-22(25)21(23)11-12-24(26)27/h19-24H,7-18H2,1-6H3. The molecular weight excluding hydrogens is 324 g/mol. The monoisotopic (exact) mass is 372 g/mol. The quantitative estimate of drug-likeness (QED) is 0.464. The number of hydrogen-bond acceptors (Lipinski definition) is 0. The molecule has 4 rings (SSSR count). The first-order chi connectivity index (χ1) is 12.7. The van der Waals surface area contributed by atoms with Crippen LogP contribution in [-0.4, -0.2) is 0 Å². The van der Waals surface area contributed by atoms with Crippen LogP contribution in [0.25, 0.3) is 0 Å². The van der Waals surface area contributed by atoms with Gasteiger partial charge in [0.05, 0.1) is 0 Å². The topological polar surface area (TPSA) is 0 Å². The van der Waals surface area contributed by atoms with E-state index in [1.165, 1.54) is 44.9 Å². The van der Waals surface area contributed by atoms with Crippen LogP contribution in [0.5, 0.6) is 0 Å². The van der Waals surface area contributed by atoms with Crippen LogP contribution in [0.3, 0.4) is 0 Å². The largest absolute Gasteiger partial charge is 0.0628 e. The lowest BCUT2D eigenvalue weighted by Gasteiger charge is -2.65. The summed E-state index contributed by atoms with van der Waals surface area (Å²) < 4.78 is 0. The van der Waals surface area contributed by atoms with E-state index < -0.39 is 0 Å². The number of rotatable bonds is 4. The molecule has 0 bridgehead atoms. The summed E-state index contributed by atoms with van der Waals surface area (Å²) >= 11 is 0. The third-order valence-corrected chi connectivity index (χ3v) is 11.2. The Hall–Kier alpha value is 0. The Morgan fingerprint density at radius 3 is 2.37 bits per heavy atom. The van der Waals surface area contributed by atoms with Gasteiger partial charge in [-0.15, -0.1) is 0 Å². The lowest BCUT2D eigenvalue weighted by Crippen LogP contribution is -2.58. The molecule has 4 aliphatic rings. The van der Waals surface area contributed by atoms with Gasteiger partial charge in [-0.25, -0.2) is 0 Å². The molecule has 0 spiro atoms. The summed E-state index contributed by atoms with van der Waals surface area (Å²) in [6.45, 7) is 15.6. The Bertz CT molecular complexity index is 534. The van der Waals surface area contributed by atoms with Gasteiger partial charge in [0.2, 0.25) is 0 Å². The summed E-state index contributed by atoms with van der Waals surface area (Å²) in [7, 11) is 0. The fourth-order valence-corrected chi connectivity index (χ4v) is 9.40. The van der Waals surface area contributed by atoms with Gasteiger partial charge in [-0.1, -0.05) is 60.8 Å². The van der Waals surface area contributed by atoms with Crippen LogP contribution in [0, 0.1) is 51.8 Å². The van der Waals surface area contributed by atoms with Gasteiger partial charge in [-0.3, -0.25) is 0 Å². The highest BCUT2D eigenvalue weighted by Crippen LogP contribution is 2.70. The van der Waals surface area contributed by atoms with Crippen molar-refractivity contribution in [2.45, 2.75) is 119 Å². The van der Waals surface area contributed by atoms with Gasteiger partial charge < -0.3 is 0 Å². The van der Waals surface area contributed by atoms with Crippen LogP contribution in [0.1, 0.15) is 119 Å². The molecule has 0 aromatic rings. The molecular formula is C27H48. The van der Waals surface area contributed by atoms with E-state index in [1.54, 1.807) is 32.1 Å². The van der Waals surface area contributed by atoms with Crippen molar-refractivity contribution in [2.24, 2.45) is 51.8 Å². The molecule has 27 heavy (non-hydrogen) atoms. The van der Waals surface area contributed by atoms with Crippen LogP contribution in [0.4, 0.5) is 0 Å². The average Bonchev–Trinajstić information content (AvgIpc) is 3.00. The molecule has 0 nitrogen and oxygen atoms in total. The van der Waals surface area contributed by atoms with E-state index in [4.69, 9.17) is 0 Å². The zero-order valence-corrected chi connectivity index (χ0v) is 19.4. The maximum Gasteiger partial charge on any atom is -0.0261 e. The summed E-state index contributed by atoms with van der Waals surface area (Å²) in [6.07, 6.45) is 18.2. The van der Waals surface area contributed by atoms with Crippen molar-refractivity contribution in [3.8, 4) is 0 Å². The van der Waals surface area contributed by atoms with Crippen LogP contribution in [0.2, 0.25) is 0 Å². The van der Waals surface area contributed by atoms with Crippen molar-refractivity contribution in [3.05, 3.63) is 0 Å². The Balaban J connectivity index is 1.57. The number of hydrogen-bond donors (Lipinski definition) is 0. The molecule has 4 aliphatic carbocycles. The first kappa shape index (κ1) is 20.3. The zero-order chi connectivity index (χ0) is 19.4. The van der Waals surface area contributed by atoms with Gasteiger partial charge in [0.15, 0.2) is 0 Å². The fourth-order valence-electron chi connectivity index (χ4n) is 9.40. The summed E-state index contributed by atoms with van der Waals surface area (Å²) in [5.41, 5.74) is 1.96. The molecule has 156 valence electrons. The van der Waals surface area contributed by atoms with Crippen molar-refractivity contribution in [3.63, 3.8) is 0 Å². The minimum atomic E-state index is 0.600. The molecule has 0 amide bonds. The first-order valence-electron chi connectivity index (χ1n) is 12.7. The van der Waals surface area contributed by atoms with E-state index in [9.17, 15) is 0 Å². The molecule has 8 unspecified atom stereocenters. The van der Waals surface area contributed by atoms with Crippen molar-refractivity contribution in [1.29, 1.82) is 0 Å². The lowest BCUT2D eigenvalue weighted by atomic mass is 9.39. The maximum absolute atomic E-state index is 2.78. The molecule has 0 aromatic heterocycles. The van der Waals surface area contributed by atoms with Crippen molar-refractivity contribution in [1.82, 2.24) is 0 Å². The molecule has 0 aliphatic heterocycles. The zero-order valence-electron chi connectivity index (χ0n) is 19.4. The highest BCUT2D eigenvalue weighted by molar-refractivity contribution is 5.10. The van der Waals surface area contributed by atoms with Crippen molar-refractivity contribution >= 4 is 0 Å². The van der Waals surface area contributed by atoms with Gasteiger partial charge in [0.1, 0.15) is 0 Å². The van der Waals surface area contributed by atoms with Gasteiger partial charge >= 0.3 is 0 Å². The van der Waals surface area contributed by atoms with E-state index >= 15 is 0 Å². The molecule has 0 aromatic carbocycles. The summed E-state index contributed by atoms with van der Waals surface area (Å²) in [5, 5.41) is 0. The second kappa shape index (κ2) is 7.05. The van der Waals surface area contributed by atoms with Crippen molar-refractivity contribution in [2.75, 3.05) is 0 Å². The minimum absolute atomic E-state index is 0.600. The highest BCUT2D eigenvalue weighted by Gasteiger charge is 2.61. The molecule has 0 radical (unpaired) electrons. The van der Waals surface area contributed by atoms with Gasteiger partial charge in [-0.2, -0.15) is 0 Å². The normalized spacial score (nSPS) is 52.3. The first-order valence-corrected chi connectivity index (χ1v) is 12.7. The second-order valence-corrected chi connectivity index (χ2v) is 12.8. The molecule has 0 heterocycles. The van der Waals surface area contributed by atoms with Crippen LogP contribution < -0.4 is 0 Å². The smallest absolute Gasteiger partial charge is 0.0261 e. The van der Waals surface area contributed by atoms with Gasteiger partial charge in [0, 0.05) is 0 Å². The Morgan fingerprint density at radius 1 is 0.852 bits per heavy atom. The molecule has 0 saturated heterocycles. The van der Waals surface area contributed by atoms with Gasteiger partial charge in [0.25, 0.3) is 0 Å². The average molecular weight is 373 g/mol. The summed E-state index contributed by atoms with van der Waals surface area (Å²) in [5.74, 6) is 5.98. The molecule has 4 fully saturated rings. The number of fused-ring (bicyclic) bond motifs is 5. The Kier molecular flexibility index (Phi) is 5.30. The van der Waals surface area contributed by atoms with E-state index in [2.05, 4.69) is 41.5 Å². The summed E-state index contributed by atoms with van der Waals surface area (Å²) in [4.78, 5) is 0. The predicted molar refractivity (Wildman–Crippen MR) is 118 cm³/mol. The third-order valence-electron chi connectivity index (χ3n) is 11.2. The molecule has 0 N–H and O–H groups in total. The highest BCUT2D eigenvalue weighted by atomic mass is 14.7. The lowest BCUT2D eigenvalue weighted by molar-refractivity contribution is -0.163. The van der Waals surface area contributed by atoms with E-state index in [-0.39, 0.29) is 0 Å². The summed E-state index contributed by atoms with van der Waals surface area (Å²) in [6, 6.07) is 0. The van der Waals surface area contributed by atoms with Crippen LogP contribution in [0.15, 0.2) is 0 Å². The van der Waals surface area contributed by atoms with E-state index in [0.29, 0.717) is 16.2 Å². The fraction of sp³-hybridized carbons (Fsp3) is 1.00. The molecule has 0 heteroatoms. The second-order valence-electron chi connectivity index (χ2n) is 12.8.